The number of nitriles is 1. The van der Waals surface area contributed by atoms with Crippen LogP contribution in [0.25, 0.3) is 0 Å². The van der Waals surface area contributed by atoms with Crippen molar-refractivity contribution in [2.75, 3.05) is 0 Å². The van der Waals surface area contributed by atoms with Crippen molar-refractivity contribution in [1.82, 2.24) is 0 Å². The predicted molar refractivity (Wildman–Crippen MR) is 75.6 cm³/mol. The monoisotopic (exact) mass is 255 g/mol. The minimum atomic E-state index is -0.633. The van der Waals surface area contributed by atoms with E-state index < -0.39 is 5.92 Å². The second-order valence-electron chi connectivity index (χ2n) is 6.76. The zero-order valence-electron chi connectivity index (χ0n) is 12.3. The second-order valence-corrected chi connectivity index (χ2v) is 6.76. The first-order chi connectivity index (χ1) is 8.73. The van der Waals surface area contributed by atoms with Gasteiger partial charge in [-0.3, -0.25) is 4.79 Å². The summed E-state index contributed by atoms with van der Waals surface area (Å²) in [6.45, 7) is 10.4. The molecule has 0 aromatic heterocycles. The number of hydrogen-bond donors (Lipinski definition) is 0. The van der Waals surface area contributed by atoms with Crippen LogP contribution in [0, 0.1) is 35.0 Å². The lowest BCUT2D eigenvalue weighted by atomic mass is 9.90. The largest absolute Gasteiger partial charge is 0.297 e. The van der Waals surface area contributed by atoms with E-state index in [2.05, 4.69) is 33.8 Å². The van der Waals surface area contributed by atoms with Gasteiger partial charge in [0.15, 0.2) is 5.78 Å². The van der Waals surface area contributed by atoms with Gasteiger partial charge in [-0.05, 0) is 23.3 Å². The highest BCUT2D eigenvalue weighted by atomic mass is 16.1. The van der Waals surface area contributed by atoms with E-state index in [-0.39, 0.29) is 22.5 Å². The number of aryl methyl sites for hydroxylation is 1. The molecule has 0 N–H and O–H groups in total. The van der Waals surface area contributed by atoms with Gasteiger partial charge < -0.3 is 0 Å². The summed E-state index contributed by atoms with van der Waals surface area (Å²) in [5.41, 5.74) is 1.89. The Morgan fingerprint density at radius 3 is 2.26 bits per heavy atom. The maximum atomic E-state index is 12.7. The molecule has 1 aliphatic carbocycles. The molecule has 2 nitrogen and oxygen atoms in total. The summed E-state index contributed by atoms with van der Waals surface area (Å²) in [6, 6.07) is 9.90. The van der Waals surface area contributed by atoms with E-state index in [1.807, 2.05) is 31.2 Å². The Hall–Kier alpha value is -1.62. The normalized spacial score (nSPS) is 21.5. The number of carbonyl (C=O) groups is 1. The number of carbonyl (C=O) groups excluding carboxylic acids is 1. The Bertz CT molecular complexity index is 549. The summed E-state index contributed by atoms with van der Waals surface area (Å²) in [5, 5.41) is 9.39. The van der Waals surface area contributed by atoms with Crippen LogP contribution < -0.4 is 0 Å². The first-order valence-corrected chi connectivity index (χ1v) is 6.73. The summed E-state index contributed by atoms with van der Waals surface area (Å²) in [6.07, 6.45) is 0. The standard InChI is InChI=1S/C17H21NO/c1-11-7-6-8-12(9-11)13(10-18)14(19)15-16(2,3)17(15,4)5/h6-9,13,15H,1-5H3. The molecule has 1 aliphatic rings. The Balaban J connectivity index is 2.31. The molecule has 0 amide bonds. The molecule has 0 spiro atoms. The maximum absolute atomic E-state index is 12.7. The van der Waals surface area contributed by atoms with Crippen LogP contribution in [0.1, 0.15) is 44.7 Å². The van der Waals surface area contributed by atoms with Crippen LogP contribution in [-0.4, -0.2) is 5.78 Å². The van der Waals surface area contributed by atoms with E-state index in [1.54, 1.807) is 0 Å². The first kappa shape index (κ1) is 13.8. The van der Waals surface area contributed by atoms with E-state index in [1.165, 1.54) is 0 Å². The van der Waals surface area contributed by atoms with Gasteiger partial charge in [0.05, 0.1) is 6.07 Å². The van der Waals surface area contributed by atoms with Crippen LogP contribution in [0.5, 0.6) is 0 Å². The molecule has 0 saturated heterocycles. The van der Waals surface area contributed by atoms with Crippen LogP contribution in [0.4, 0.5) is 0 Å². The molecule has 1 aromatic rings. The van der Waals surface area contributed by atoms with Crippen molar-refractivity contribution >= 4 is 5.78 Å². The zero-order chi connectivity index (χ0) is 14.4. The average Bonchev–Trinajstić information content (AvgIpc) is 2.70. The number of nitrogens with zero attached hydrogens (tertiary/aromatic N) is 1. The number of rotatable bonds is 3. The third-order valence-corrected chi connectivity index (χ3v) is 5.09. The third kappa shape index (κ3) is 1.98. The van der Waals surface area contributed by atoms with Crippen molar-refractivity contribution in [1.29, 1.82) is 5.26 Å². The molecule has 100 valence electrons. The highest BCUT2D eigenvalue weighted by Gasteiger charge is 2.68. The fraction of sp³-hybridized carbons (Fsp3) is 0.529. The van der Waals surface area contributed by atoms with Crippen LogP contribution >= 0.6 is 0 Å². The van der Waals surface area contributed by atoms with Crippen molar-refractivity contribution in [2.24, 2.45) is 16.7 Å². The van der Waals surface area contributed by atoms with E-state index in [0.717, 1.165) is 11.1 Å². The molecule has 19 heavy (non-hydrogen) atoms. The minimum absolute atomic E-state index is 0.0109. The lowest BCUT2D eigenvalue weighted by Crippen LogP contribution is -2.16. The van der Waals surface area contributed by atoms with E-state index in [4.69, 9.17) is 0 Å². The smallest absolute Gasteiger partial charge is 0.158 e. The molecule has 2 heteroatoms. The molecule has 0 bridgehead atoms. The van der Waals surface area contributed by atoms with Gasteiger partial charge in [0, 0.05) is 5.92 Å². The van der Waals surface area contributed by atoms with Gasteiger partial charge in [-0.25, -0.2) is 0 Å². The second kappa shape index (κ2) is 4.20. The van der Waals surface area contributed by atoms with Crippen molar-refractivity contribution in [3.63, 3.8) is 0 Å². The van der Waals surface area contributed by atoms with Gasteiger partial charge in [-0.1, -0.05) is 57.5 Å². The fourth-order valence-electron chi connectivity index (χ4n) is 3.23. The number of Topliss-reactive ketones (excluding diaryl/α,β-unsaturated/α-hetero) is 1. The molecule has 0 radical (unpaired) electrons. The van der Waals surface area contributed by atoms with Gasteiger partial charge in [0.2, 0.25) is 0 Å². The highest BCUT2D eigenvalue weighted by Crippen LogP contribution is 2.69. The maximum Gasteiger partial charge on any atom is 0.158 e. The average molecular weight is 255 g/mol. The number of ketones is 1. The van der Waals surface area contributed by atoms with Crippen molar-refractivity contribution in [3.05, 3.63) is 35.4 Å². The van der Waals surface area contributed by atoms with Gasteiger partial charge in [0.25, 0.3) is 0 Å². The lowest BCUT2D eigenvalue weighted by Gasteiger charge is -2.10. The van der Waals surface area contributed by atoms with Crippen molar-refractivity contribution in [2.45, 2.75) is 40.5 Å². The molecule has 1 fully saturated rings. The SMILES string of the molecule is Cc1cccc(C(C#N)C(=O)C2C(C)(C)C2(C)C)c1. The Morgan fingerprint density at radius 2 is 1.84 bits per heavy atom. The quantitative estimate of drug-likeness (QED) is 0.823. The molecule has 1 atom stereocenters. The molecule has 1 unspecified atom stereocenters. The number of hydrogen-bond acceptors (Lipinski definition) is 2. The Morgan fingerprint density at radius 1 is 1.26 bits per heavy atom. The summed E-state index contributed by atoms with van der Waals surface area (Å²) in [7, 11) is 0. The fourth-order valence-corrected chi connectivity index (χ4v) is 3.23. The Kier molecular flexibility index (Phi) is 3.05. The van der Waals surface area contributed by atoms with E-state index in [0.29, 0.717) is 0 Å². The Labute approximate surface area is 115 Å². The first-order valence-electron chi connectivity index (χ1n) is 6.73. The zero-order valence-corrected chi connectivity index (χ0v) is 12.3. The van der Waals surface area contributed by atoms with Crippen LogP contribution in [0.2, 0.25) is 0 Å². The molecular weight excluding hydrogens is 234 g/mol. The summed E-state index contributed by atoms with van der Waals surface area (Å²) >= 11 is 0. The van der Waals surface area contributed by atoms with Gasteiger partial charge in [0.1, 0.15) is 5.92 Å². The van der Waals surface area contributed by atoms with Gasteiger partial charge >= 0.3 is 0 Å². The highest BCUT2D eigenvalue weighted by molar-refractivity contribution is 5.94. The van der Waals surface area contributed by atoms with Crippen LogP contribution in [-0.2, 0) is 4.79 Å². The minimum Gasteiger partial charge on any atom is -0.297 e. The molecular formula is C17H21NO. The summed E-state index contributed by atoms with van der Waals surface area (Å²) in [5.74, 6) is -0.584. The lowest BCUT2D eigenvalue weighted by molar-refractivity contribution is -0.121. The number of benzene rings is 1. The van der Waals surface area contributed by atoms with E-state index in [9.17, 15) is 10.1 Å². The van der Waals surface area contributed by atoms with Crippen LogP contribution in [0.3, 0.4) is 0 Å². The molecule has 2 rings (SSSR count). The predicted octanol–water partition coefficient (Wildman–Crippen LogP) is 3.85. The van der Waals surface area contributed by atoms with E-state index >= 15 is 0 Å². The van der Waals surface area contributed by atoms with Crippen molar-refractivity contribution in [3.8, 4) is 6.07 Å². The molecule has 1 aromatic carbocycles. The third-order valence-electron chi connectivity index (χ3n) is 5.09. The molecule has 0 aliphatic heterocycles. The topological polar surface area (TPSA) is 40.9 Å². The van der Waals surface area contributed by atoms with Gasteiger partial charge in [-0.2, -0.15) is 5.26 Å². The van der Waals surface area contributed by atoms with Crippen molar-refractivity contribution < 1.29 is 4.79 Å². The van der Waals surface area contributed by atoms with Gasteiger partial charge in [-0.15, -0.1) is 0 Å². The summed E-state index contributed by atoms with van der Waals surface area (Å²) < 4.78 is 0. The molecule has 1 saturated carbocycles. The van der Waals surface area contributed by atoms with Crippen LogP contribution in [0.15, 0.2) is 24.3 Å². The molecule has 0 heterocycles. The summed E-state index contributed by atoms with van der Waals surface area (Å²) in [4.78, 5) is 12.7.